The molecule has 3 nitrogen and oxygen atoms in total. The van der Waals surface area contributed by atoms with Crippen molar-refractivity contribution >= 4 is 11.8 Å². The molecule has 0 bridgehead atoms. The van der Waals surface area contributed by atoms with Gasteiger partial charge in [-0.2, -0.15) is 0 Å². The molecule has 0 amide bonds. The summed E-state index contributed by atoms with van der Waals surface area (Å²) >= 11 is 2.28. The second-order valence-electron chi connectivity index (χ2n) is 19.0. The maximum atomic E-state index is 11.1. The van der Waals surface area contributed by atoms with E-state index in [0.29, 0.717) is 37.9 Å². The predicted molar refractivity (Wildman–Crippen MR) is 183 cm³/mol. The van der Waals surface area contributed by atoms with Gasteiger partial charge >= 0.3 is 0 Å². The van der Waals surface area contributed by atoms with Crippen molar-refractivity contribution in [2.24, 2.45) is 50.2 Å². The Balaban J connectivity index is 1.18. The third-order valence-electron chi connectivity index (χ3n) is 16.4. The molecule has 2 saturated heterocycles. The SMILES string of the molecule is CC1(C)CC[C@]2(C3(NCCCN4CCCCC4)CS3)CC[C@]3(C)C(=CC[C@@H]4[C@@]5(C)CC[C@H](O)C(C)(C)C5CC[C@]43C)C2C1. The Hall–Kier alpha value is -0.0300. The summed E-state index contributed by atoms with van der Waals surface area (Å²) < 4.78 is 0. The van der Waals surface area contributed by atoms with Gasteiger partial charge in [0.25, 0.3) is 0 Å². The van der Waals surface area contributed by atoms with Crippen LogP contribution in [-0.4, -0.2) is 52.9 Å². The largest absolute Gasteiger partial charge is 0.393 e. The topological polar surface area (TPSA) is 35.5 Å². The van der Waals surface area contributed by atoms with Crippen LogP contribution in [0, 0.1) is 50.2 Å². The molecule has 43 heavy (non-hydrogen) atoms. The van der Waals surface area contributed by atoms with Crippen LogP contribution in [0.3, 0.4) is 0 Å². The fraction of sp³-hybridized carbons (Fsp3) is 0.949. The summed E-state index contributed by atoms with van der Waals surface area (Å²) in [5.41, 5.74) is 3.80. The quantitative estimate of drug-likeness (QED) is 0.179. The van der Waals surface area contributed by atoms with Crippen LogP contribution in [0.25, 0.3) is 0 Å². The number of nitrogens with zero attached hydrogens (tertiary/aromatic N) is 1. The van der Waals surface area contributed by atoms with Crippen LogP contribution in [0.5, 0.6) is 0 Å². The zero-order valence-corrected chi connectivity index (χ0v) is 29.9. The molecule has 0 spiro atoms. The average Bonchev–Trinajstić information content (AvgIpc) is 3.75. The summed E-state index contributed by atoms with van der Waals surface area (Å²) in [5, 5.41) is 15.4. The number of rotatable bonds is 6. The van der Waals surface area contributed by atoms with E-state index in [1.807, 2.05) is 5.57 Å². The zero-order chi connectivity index (χ0) is 30.5. The molecule has 4 heteroatoms. The molecule has 6 fully saturated rings. The second-order valence-corrected chi connectivity index (χ2v) is 20.3. The number of aliphatic hydroxyl groups is 1. The molecule has 2 heterocycles. The third kappa shape index (κ3) is 4.58. The van der Waals surface area contributed by atoms with E-state index in [-0.39, 0.29) is 11.5 Å². The van der Waals surface area contributed by atoms with Gasteiger partial charge in [0.15, 0.2) is 0 Å². The first-order chi connectivity index (χ1) is 20.2. The van der Waals surface area contributed by atoms with Crippen LogP contribution >= 0.6 is 11.8 Å². The number of likely N-dealkylation sites (tertiary alicyclic amines) is 1. The molecule has 244 valence electrons. The molecule has 3 unspecified atom stereocenters. The molecule has 4 saturated carbocycles. The van der Waals surface area contributed by atoms with Crippen molar-refractivity contribution in [3.05, 3.63) is 11.6 Å². The minimum atomic E-state index is -0.139. The molecule has 7 rings (SSSR count). The molecule has 0 aromatic rings. The molecule has 7 aliphatic rings. The normalized spacial score (nSPS) is 50.5. The molecule has 2 aliphatic heterocycles. The Kier molecular flexibility index (Phi) is 7.70. The Labute approximate surface area is 269 Å². The van der Waals surface area contributed by atoms with E-state index in [4.69, 9.17) is 0 Å². The Morgan fingerprint density at radius 3 is 2.33 bits per heavy atom. The van der Waals surface area contributed by atoms with Crippen LogP contribution in [0.4, 0.5) is 0 Å². The first-order valence-corrected chi connectivity index (χ1v) is 19.7. The van der Waals surface area contributed by atoms with Gasteiger partial charge in [-0.1, -0.05) is 66.5 Å². The summed E-state index contributed by atoms with van der Waals surface area (Å²) in [4.78, 5) is 3.03. The van der Waals surface area contributed by atoms with Gasteiger partial charge in [-0.15, -0.1) is 11.8 Å². The van der Waals surface area contributed by atoms with E-state index in [1.165, 1.54) is 115 Å². The standard InChI is InChI=1S/C39H66N2OS/c1-33(2)18-20-38(39(27-43-39)40-22-11-25-41-23-9-8-10-24-41)21-19-36(6)28(29(38)26-33)12-13-31-35(5)16-15-32(42)34(3,4)30(35)14-17-37(31,36)7/h12,29-32,40,42H,8-11,13-27H2,1-7H3/t29?,30?,31-,32+,35+,36-,37-,38+,39?/m1/s1. The summed E-state index contributed by atoms with van der Waals surface area (Å²) in [6.07, 6.45) is 21.4. The lowest BCUT2D eigenvalue weighted by molar-refractivity contribution is -0.204. The monoisotopic (exact) mass is 610 g/mol. The Morgan fingerprint density at radius 2 is 1.60 bits per heavy atom. The summed E-state index contributed by atoms with van der Waals surface area (Å²) in [6.45, 7) is 23.2. The zero-order valence-electron chi connectivity index (χ0n) is 29.1. The molecule has 0 radical (unpaired) electrons. The van der Waals surface area contributed by atoms with Crippen LogP contribution < -0.4 is 5.32 Å². The van der Waals surface area contributed by atoms with E-state index in [2.05, 4.69) is 76.5 Å². The van der Waals surface area contributed by atoms with Gasteiger partial charge in [0.05, 0.1) is 11.0 Å². The molecule has 2 N–H and O–H groups in total. The first kappa shape index (κ1) is 31.6. The van der Waals surface area contributed by atoms with Crippen molar-refractivity contribution in [1.82, 2.24) is 10.2 Å². The predicted octanol–water partition coefficient (Wildman–Crippen LogP) is 9.06. The Bertz CT molecular complexity index is 1100. The van der Waals surface area contributed by atoms with E-state index in [0.717, 1.165) is 18.3 Å². The molecule has 5 aliphatic carbocycles. The lowest BCUT2D eigenvalue weighted by Gasteiger charge is -2.72. The first-order valence-electron chi connectivity index (χ1n) is 18.7. The molecular formula is C39H66N2OS. The van der Waals surface area contributed by atoms with E-state index in [1.54, 1.807) is 0 Å². The van der Waals surface area contributed by atoms with Crippen molar-refractivity contribution in [2.75, 3.05) is 31.9 Å². The van der Waals surface area contributed by atoms with Gasteiger partial charge in [0.1, 0.15) is 0 Å². The molecule has 0 aromatic carbocycles. The van der Waals surface area contributed by atoms with E-state index < -0.39 is 0 Å². The van der Waals surface area contributed by atoms with Gasteiger partial charge in [0, 0.05) is 11.2 Å². The molecule has 0 aromatic heterocycles. The van der Waals surface area contributed by atoms with Crippen molar-refractivity contribution in [3.63, 3.8) is 0 Å². The number of nitrogens with one attached hydrogen (secondary N) is 1. The fourth-order valence-corrected chi connectivity index (χ4v) is 14.7. The maximum Gasteiger partial charge on any atom is 0.0800 e. The summed E-state index contributed by atoms with van der Waals surface area (Å²) in [5.74, 6) is 3.43. The number of piperidine rings is 1. The molecule has 9 atom stereocenters. The summed E-state index contributed by atoms with van der Waals surface area (Å²) in [6, 6.07) is 0. The highest BCUT2D eigenvalue weighted by Crippen LogP contribution is 2.78. The number of fused-ring (bicyclic) bond motifs is 7. The second kappa shape index (κ2) is 10.5. The molecular weight excluding hydrogens is 545 g/mol. The van der Waals surface area contributed by atoms with Gasteiger partial charge in [-0.3, -0.25) is 0 Å². The van der Waals surface area contributed by atoms with E-state index >= 15 is 0 Å². The van der Waals surface area contributed by atoms with Gasteiger partial charge < -0.3 is 15.3 Å². The van der Waals surface area contributed by atoms with Crippen LogP contribution in [0.2, 0.25) is 0 Å². The average molecular weight is 611 g/mol. The van der Waals surface area contributed by atoms with Crippen molar-refractivity contribution < 1.29 is 5.11 Å². The smallest absolute Gasteiger partial charge is 0.0800 e. The fourth-order valence-electron chi connectivity index (χ4n) is 13.4. The van der Waals surface area contributed by atoms with Crippen LogP contribution in [0.1, 0.15) is 138 Å². The van der Waals surface area contributed by atoms with Crippen molar-refractivity contribution in [1.29, 1.82) is 0 Å². The third-order valence-corrected chi connectivity index (χ3v) is 17.8. The number of aliphatic hydroxyl groups excluding tert-OH is 1. The lowest BCUT2D eigenvalue weighted by Crippen LogP contribution is -2.66. The van der Waals surface area contributed by atoms with Gasteiger partial charge in [-0.05, 0) is 154 Å². The minimum absolute atomic E-state index is 0.0313. The van der Waals surface area contributed by atoms with Gasteiger partial charge in [-0.25, -0.2) is 0 Å². The van der Waals surface area contributed by atoms with E-state index in [9.17, 15) is 5.11 Å². The van der Waals surface area contributed by atoms with Crippen molar-refractivity contribution in [2.45, 2.75) is 149 Å². The minimum Gasteiger partial charge on any atom is -0.393 e. The van der Waals surface area contributed by atoms with Crippen LogP contribution in [0.15, 0.2) is 11.6 Å². The lowest BCUT2D eigenvalue weighted by atomic mass is 9.33. The number of allylic oxidation sites excluding steroid dienone is 2. The van der Waals surface area contributed by atoms with Crippen molar-refractivity contribution in [3.8, 4) is 0 Å². The highest BCUT2D eigenvalue weighted by molar-refractivity contribution is 8.07. The summed E-state index contributed by atoms with van der Waals surface area (Å²) in [7, 11) is 0. The van der Waals surface area contributed by atoms with Gasteiger partial charge in [0.2, 0.25) is 0 Å². The highest BCUT2D eigenvalue weighted by Gasteiger charge is 2.72. The number of hydrogen-bond donors (Lipinski definition) is 2. The highest BCUT2D eigenvalue weighted by atomic mass is 32.2. The number of hydrogen-bond acceptors (Lipinski definition) is 4. The maximum absolute atomic E-state index is 11.1. The number of thioether (sulfide) groups is 1. The Morgan fingerprint density at radius 1 is 0.884 bits per heavy atom. The van der Waals surface area contributed by atoms with Crippen LogP contribution in [-0.2, 0) is 0 Å².